The SMILES string of the molecule is CCOc1ccc(NC(=O)C2C3C=CC4(O3)C2C(=O)N(Cc2ccc3c(c2)OCO3)C4C(=O)NC2CCCCC2)cc1. The molecule has 5 aliphatic rings. The average molecular weight is 574 g/mol. The predicted molar refractivity (Wildman–Crippen MR) is 152 cm³/mol. The summed E-state index contributed by atoms with van der Waals surface area (Å²) in [6, 6.07) is 11.8. The molecule has 2 aromatic carbocycles. The van der Waals surface area contributed by atoms with Gasteiger partial charge in [0.1, 0.15) is 17.4 Å². The van der Waals surface area contributed by atoms with Gasteiger partial charge in [-0.15, -0.1) is 0 Å². The van der Waals surface area contributed by atoms with E-state index in [4.69, 9.17) is 18.9 Å². The van der Waals surface area contributed by atoms with Crippen LogP contribution in [0.15, 0.2) is 54.6 Å². The van der Waals surface area contributed by atoms with Gasteiger partial charge >= 0.3 is 0 Å². The van der Waals surface area contributed by atoms with Crippen molar-refractivity contribution in [1.29, 1.82) is 0 Å². The highest BCUT2D eigenvalue weighted by molar-refractivity contribution is 6.02. The molecule has 2 aromatic rings. The Bertz CT molecular complexity index is 1420. The Labute approximate surface area is 244 Å². The Hall–Kier alpha value is -4.05. The first-order valence-electron chi connectivity index (χ1n) is 14.9. The number of ether oxygens (including phenoxy) is 4. The Morgan fingerprint density at radius 3 is 2.60 bits per heavy atom. The Morgan fingerprint density at radius 2 is 1.81 bits per heavy atom. The number of benzene rings is 2. The van der Waals surface area contributed by atoms with Crippen molar-refractivity contribution in [3.8, 4) is 17.2 Å². The monoisotopic (exact) mass is 573 g/mol. The molecule has 0 aromatic heterocycles. The second-order valence-electron chi connectivity index (χ2n) is 11.6. The van der Waals surface area contributed by atoms with Crippen LogP contribution in [0.4, 0.5) is 5.69 Å². The minimum absolute atomic E-state index is 0.0607. The number of anilines is 1. The third-order valence-electron chi connectivity index (χ3n) is 9.10. The van der Waals surface area contributed by atoms with Gasteiger partial charge in [0, 0.05) is 18.3 Å². The maximum atomic E-state index is 14.3. The summed E-state index contributed by atoms with van der Waals surface area (Å²) in [5.74, 6) is -0.476. The van der Waals surface area contributed by atoms with Gasteiger partial charge in [0.25, 0.3) is 0 Å². The minimum Gasteiger partial charge on any atom is -0.494 e. The van der Waals surface area contributed by atoms with Crippen LogP contribution in [0.5, 0.6) is 17.2 Å². The van der Waals surface area contributed by atoms with Crippen molar-refractivity contribution in [2.45, 2.75) is 69.4 Å². The van der Waals surface area contributed by atoms with Crippen LogP contribution in [0, 0.1) is 11.8 Å². The van der Waals surface area contributed by atoms with Crippen LogP contribution in [0.25, 0.3) is 0 Å². The molecule has 0 radical (unpaired) electrons. The van der Waals surface area contributed by atoms with E-state index < -0.39 is 29.6 Å². The second-order valence-corrected chi connectivity index (χ2v) is 11.6. The van der Waals surface area contributed by atoms with E-state index >= 15 is 0 Å². The summed E-state index contributed by atoms with van der Waals surface area (Å²) in [5, 5.41) is 6.19. The molecule has 2 bridgehead atoms. The van der Waals surface area contributed by atoms with Gasteiger partial charge in [-0.1, -0.05) is 37.5 Å². The largest absolute Gasteiger partial charge is 0.494 e. The van der Waals surface area contributed by atoms with Crippen molar-refractivity contribution in [3.05, 3.63) is 60.2 Å². The first kappa shape index (κ1) is 26.8. The summed E-state index contributed by atoms with van der Waals surface area (Å²) in [7, 11) is 0. The van der Waals surface area contributed by atoms with Crippen LogP contribution in [0.3, 0.4) is 0 Å². The molecule has 1 spiro atoms. The average Bonchev–Trinajstić information content (AvgIpc) is 3.76. The van der Waals surface area contributed by atoms with Gasteiger partial charge in [0.15, 0.2) is 11.5 Å². The molecule has 1 aliphatic carbocycles. The second kappa shape index (κ2) is 10.7. The van der Waals surface area contributed by atoms with Crippen molar-refractivity contribution < 1.29 is 33.3 Å². The van der Waals surface area contributed by atoms with E-state index in [0.29, 0.717) is 29.5 Å². The normalized spacial score (nSPS) is 29.1. The highest BCUT2D eigenvalue weighted by Crippen LogP contribution is 2.55. The summed E-state index contributed by atoms with van der Waals surface area (Å²) in [5.41, 5.74) is 0.171. The number of hydrogen-bond acceptors (Lipinski definition) is 7. The zero-order valence-electron chi connectivity index (χ0n) is 23.5. The highest BCUT2D eigenvalue weighted by Gasteiger charge is 2.72. The van der Waals surface area contributed by atoms with Gasteiger partial charge in [-0.25, -0.2) is 0 Å². The van der Waals surface area contributed by atoms with Crippen molar-refractivity contribution in [2.75, 3.05) is 18.7 Å². The van der Waals surface area contributed by atoms with Crippen LogP contribution < -0.4 is 24.8 Å². The zero-order valence-corrected chi connectivity index (χ0v) is 23.5. The third kappa shape index (κ3) is 4.48. The quantitative estimate of drug-likeness (QED) is 0.464. The molecule has 7 rings (SSSR count). The van der Waals surface area contributed by atoms with Crippen molar-refractivity contribution >= 4 is 23.4 Å². The summed E-state index contributed by atoms with van der Waals surface area (Å²) >= 11 is 0. The molecule has 10 heteroatoms. The van der Waals surface area contributed by atoms with E-state index in [-0.39, 0.29) is 37.1 Å². The lowest BCUT2D eigenvalue weighted by Crippen LogP contribution is -2.56. The van der Waals surface area contributed by atoms with E-state index in [1.807, 2.05) is 37.3 Å². The first-order valence-corrected chi connectivity index (χ1v) is 14.9. The molecule has 220 valence electrons. The molecule has 3 fully saturated rings. The highest BCUT2D eigenvalue weighted by atomic mass is 16.7. The summed E-state index contributed by atoms with van der Waals surface area (Å²) < 4.78 is 23.0. The van der Waals surface area contributed by atoms with Crippen LogP contribution in [-0.4, -0.2) is 59.8 Å². The summed E-state index contributed by atoms with van der Waals surface area (Å²) in [4.78, 5) is 43.6. The minimum atomic E-state index is -1.22. The lowest BCUT2D eigenvalue weighted by atomic mass is 9.74. The molecular weight excluding hydrogens is 538 g/mol. The number of nitrogens with one attached hydrogen (secondary N) is 2. The van der Waals surface area contributed by atoms with E-state index in [9.17, 15) is 14.4 Å². The van der Waals surface area contributed by atoms with Gasteiger partial charge in [0.2, 0.25) is 24.5 Å². The molecule has 1 saturated carbocycles. The molecule has 5 atom stereocenters. The van der Waals surface area contributed by atoms with Gasteiger partial charge in [-0.3, -0.25) is 14.4 Å². The van der Waals surface area contributed by atoms with Crippen molar-refractivity contribution in [3.63, 3.8) is 0 Å². The predicted octanol–water partition coefficient (Wildman–Crippen LogP) is 3.55. The number of amides is 3. The number of fused-ring (bicyclic) bond motifs is 2. The molecular formula is C32H35N3O7. The van der Waals surface area contributed by atoms with Crippen molar-refractivity contribution in [1.82, 2.24) is 10.2 Å². The molecule has 2 saturated heterocycles. The molecule has 10 nitrogen and oxygen atoms in total. The number of rotatable bonds is 8. The standard InChI is InChI=1S/C32H35N3O7/c1-2-39-22-11-9-21(10-12-22)33-29(36)26-24-14-15-32(42-24)27(26)31(38)35(17-19-8-13-23-25(16-19)41-18-40-23)28(32)30(37)34-20-6-4-3-5-7-20/h8-16,20,24,26-28H,2-7,17-18H2,1H3,(H,33,36)(H,34,37). The molecule has 4 aliphatic heterocycles. The van der Waals surface area contributed by atoms with Gasteiger partial charge < -0.3 is 34.5 Å². The van der Waals surface area contributed by atoms with Crippen LogP contribution in [0.1, 0.15) is 44.6 Å². The summed E-state index contributed by atoms with van der Waals surface area (Å²) in [6.07, 6.45) is 8.19. The fraction of sp³-hybridized carbons (Fsp3) is 0.469. The fourth-order valence-corrected chi connectivity index (χ4v) is 7.23. The van der Waals surface area contributed by atoms with Crippen molar-refractivity contribution in [2.24, 2.45) is 11.8 Å². The van der Waals surface area contributed by atoms with Gasteiger partial charge in [0.05, 0.1) is 24.5 Å². The van der Waals surface area contributed by atoms with Crippen LogP contribution >= 0.6 is 0 Å². The number of carbonyl (C=O) groups is 3. The maximum absolute atomic E-state index is 14.3. The molecule has 5 unspecified atom stereocenters. The zero-order chi connectivity index (χ0) is 28.8. The Balaban J connectivity index is 1.18. The molecule has 42 heavy (non-hydrogen) atoms. The van der Waals surface area contributed by atoms with E-state index in [2.05, 4.69) is 10.6 Å². The number of carbonyl (C=O) groups excluding carboxylic acids is 3. The van der Waals surface area contributed by atoms with Gasteiger partial charge in [-0.2, -0.15) is 0 Å². The topological polar surface area (TPSA) is 115 Å². The van der Waals surface area contributed by atoms with E-state index in [0.717, 1.165) is 37.7 Å². The Morgan fingerprint density at radius 1 is 1.02 bits per heavy atom. The summed E-state index contributed by atoms with van der Waals surface area (Å²) in [6.45, 7) is 2.77. The fourth-order valence-electron chi connectivity index (χ4n) is 7.23. The number of likely N-dealkylation sites (tertiary alicyclic amines) is 1. The van der Waals surface area contributed by atoms with E-state index in [1.165, 1.54) is 0 Å². The lowest BCUT2D eigenvalue weighted by Gasteiger charge is -2.34. The van der Waals surface area contributed by atoms with E-state index in [1.54, 1.807) is 29.2 Å². The number of nitrogens with zero attached hydrogens (tertiary/aromatic N) is 1. The molecule has 2 N–H and O–H groups in total. The smallest absolute Gasteiger partial charge is 0.246 e. The lowest BCUT2D eigenvalue weighted by molar-refractivity contribution is -0.142. The van der Waals surface area contributed by atoms with Gasteiger partial charge in [-0.05, 0) is 61.7 Å². The third-order valence-corrected chi connectivity index (χ3v) is 9.10. The maximum Gasteiger partial charge on any atom is 0.246 e. The molecule has 4 heterocycles. The molecule has 3 amide bonds. The first-order chi connectivity index (χ1) is 20.5. The van der Waals surface area contributed by atoms with Crippen LogP contribution in [0.2, 0.25) is 0 Å². The number of hydrogen-bond donors (Lipinski definition) is 2. The van der Waals surface area contributed by atoms with Crippen LogP contribution in [-0.2, 0) is 25.7 Å². The Kier molecular flexibility index (Phi) is 6.80.